The Labute approximate surface area is 122 Å². The highest BCUT2D eigenvalue weighted by molar-refractivity contribution is 5.74. The lowest BCUT2D eigenvalue weighted by atomic mass is 10.2. The molecule has 0 aliphatic carbocycles. The zero-order chi connectivity index (χ0) is 15.7. The third-order valence-electron chi connectivity index (χ3n) is 2.88. The Bertz CT molecular complexity index is 922. The molecule has 0 radical (unpaired) electrons. The maximum absolute atomic E-state index is 13.8. The number of para-hydroxylation sites is 2. The molecule has 0 N–H and O–H groups in total. The molecule has 0 aliphatic heterocycles. The maximum Gasteiger partial charge on any atom is 0.238 e. The molecule has 7 heteroatoms. The van der Waals surface area contributed by atoms with Crippen LogP contribution in [-0.2, 0) is 0 Å². The number of nitrogens with zero attached hydrogens (tertiary/aromatic N) is 3. The van der Waals surface area contributed by atoms with Gasteiger partial charge >= 0.3 is 0 Å². The Morgan fingerprint density at radius 3 is 2.50 bits per heavy atom. The molecular weight excluding hydrogens is 295 g/mol. The van der Waals surface area contributed by atoms with Crippen LogP contribution in [0.1, 0.15) is 5.56 Å². The summed E-state index contributed by atoms with van der Waals surface area (Å²) in [6, 6.07) is 8.70. The predicted molar refractivity (Wildman–Crippen MR) is 70.6 cm³/mol. The molecule has 0 saturated heterocycles. The number of nitriles is 1. The van der Waals surface area contributed by atoms with Crippen molar-refractivity contribution in [3.05, 3.63) is 59.5 Å². The Kier molecular flexibility index (Phi) is 3.35. The molecule has 0 bridgehead atoms. The summed E-state index contributed by atoms with van der Waals surface area (Å²) in [6.45, 7) is 0. The SMILES string of the molecule is N#Cc1c(F)cc(Oc2cnc3ccccc3n2)c(F)c1F. The van der Waals surface area contributed by atoms with Crippen molar-refractivity contribution in [1.29, 1.82) is 5.26 Å². The van der Waals surface area contributed by atoms with E-state index >= 15 is 0 Å². The first-order chi connectivity index (χ1) is 10.6. The van der Waals surface area contributed by atoms with E-state index in [0.29, 0.717) is 17.1 Å². The molecule has 0 saturated carbocycles. The summed E-state index contributed by atoms with van der Waals surface area (Å²) in [5, 5.41) is 8.56. The lowest BCUT2D eigenvalue weighted by molar-refractivity contribution is 0.397. The quantitative estimate of drug-likeness (QED) is 0.677. The number of aromatic nitrogens is 2. The minimum absolute atomic E-state index is 0.124. The molecule has 3 aromatic rings. The van der Waals surface area contributed by atoms with E-state index in [-0.39, 0.29) is 5.88 Å². The van der Waals surface area contributed by atoms with E-state index in [0.717, 1.165) is 0 Å². The number of benzene rings is 2. The molecule has 0 spiro atoms. The molecule has 1 aromatic heterocycles. The Balaban J connectivity index is 2.03. The van der Waals surface area contributed by atoms with E-state index in [2.05, 4.69) is 9.97 Å². The van der Waals surface area contributed by atoms with E-state index in [1.54, 1.807) is 24.3 Å². The van der Waals surface area contributed by atoms with E-state index in [1.165, 1.54) is 12.3 Å². The number of hydrogen-bond acceptors (Lipinski definition) is 4. The van der Waals surface area contributed by atoms with Gasteiger partial charge in [0.25, 0.3) is 0 Å². The molecule has 0 amide bonds. The van der Waals surface area contributed by atoms with E-state index < -0.39 is 28.8 Å². The summed E-state index contributed by atoms with van der Waals surface area (Å²) < 4.78 is 45.8. The van der Waals surface area contributed by atoms with Crippen molar-refractivity contribution < 1.29 is 17.9 Å². The normalized spacial score (nSPS) is 10.5. The summed E-state index contributed by atoms with van der Waals surface area (Å²) >= 11 is 0. The van der Waals surface area contributed by atoms with Gasteiger partial charge in [0.15, 0.2) is 11.6 Å². The molecule has 0 unspecified atom stereocenters. The first kappa shape index (κ1) is 13.8. The van der Waals surface area contributed by atoms with Crippen molar-refractivity contribution in [1.82, 2.24) is 9.97 Å². The highest BCUT2D eigenvalue weighted by atomic mass is 19.2. The molecule has 0 aliphatic rings. The van der Waals surface area contributed by atoms with Crippen LogP contribution >= 0.6 is 0 Å². The fourth-order valence-electron chi connectivity index (χ4n) is 1.85. The van der Waals surface area contributed by atoms with Crippen LogP contribution in [0.4, 0.5) is 13.2 Å². The maximum atomic E-state index is 13.8. The minimum atomic E-state index is -1.61. The molecular formula is C15H6F3N3O. The van der Waals surface area contributed by atoms with Gasteiger partial charge in [-0.1, -0.05) is 12.1 Å². The summed E-state index contributed by atoms with van der Waals surface area (Å²) in [6.07, 6.45) is 1.20. The fourth-order valence-corrected chi connectivity index (χ4v) is 1.85. The lowest BCUT2D eigenvalue weighted by Crippen LogP contribution is -2.00. The predicted octanol–water partition coefficient (Wildman–Crippen LogP) is 3.71. The first-order valence-electron chi connectivity index (χ1n) is 6.07. The molecule has 1 heterocycles. The van der Waals surface area contributed by atoms with Gasteiger partial charge in [-0.05, 0) is 12.1 Å². The van der Waals surface area contributed by atoms with Crippen molar-refractivity contribution in [3.8, 4) is 17.7 Å². The van der Waals surface area contributed by atoms with Gasteiger partial charge in [-0.25, -0.2) is 18.7 Å². The molecule has 2 aromatic carbocycles. The van der Waals surface area contributed by atoms with Gasteiger partial charge in [0.2, 0.25) is 11.7 Å². The molecule has 3 rings (SSSR count). The molecule has 0 fully saturated rings. The monoisotopic (exact) mass is 301 g/mol. The second-order valence-corrected chi connectivity index (χ2v) is 4.27. The number of rotatable bonds is 2. The number of fused-ring (bicyclic) bond motifs is 1. The lowest BCUT2D eigenvalue weighted by Gasteiger charge is -2.08. The highest BCUT2D eigenvalue weighted by Gasteiger charge is 2.20. The van der Waals surface area contributed by atoms with Crippen molar-refractivity contribution in [2.24, 2.45) is 0 Å². The van der Waals surface area contributed by atoms with Crippen LogP contribution in [0.25, 0.3) is 11.0 Å². The number of ether oxygens (including phenoxy) is 1. The van der Waals surface area contributed by atoms with Crippen LogP contribution in [0, 0.1) is 28.8 Å². The fraction of sp³-hybridized carbons (Fsp3) is 0. The van der Waals surface area contributed by atoms with Crippen molar-refractivity contribution in [3.63, 3.8) is 0 Å². The van der Waals surface area contributed by atoms with Crippen molar-refractivity contribution >= 4 is 11.0 Å². The topological polar surface area (TPSA) is 58.8 Å². The third kappa shape index (κ3) is 2.31. The minimum Gasteiger partial charge on any atom is -0.434 e. The van der Waals surface area contributed by atoms with Crippen molar-refractivity contribution in [2.75, 3.05) is 0 Å². The van der Waals surface area contributed by atoms with Gasteiger partial charge in [0, 0.05) is 6.07 Å². The van der Waals surface area contributed by atoms with Gasteiger partial charge in [0.1, 0.15) is 17.4 Å². The Hall–Kier alpha value is -3.14. The van der Waals surface area contributed by atoms with Crippen molar-refractivity contribution in [2.45, 2.75) is 0 Å². The zero-order valence-corrected chi connectivity index (χ0v) is 10.8. The molecule has 0 atom stereocenters. The van der Waals surface area contributed by atoms with Gasteiger partial charge < -0.3 is 4.74 Å². The van der Waals surface area contributed by atoms with Crippen LogP contribution < -0.4 is 4.74 Å². The first-order valence-corrected chi connectivity index (χ1v) is 6.07. The second-order valence-electron chi connectivity index (χ2n) is 4.27. The number of hydrogen-bond donors (Lipinski definition) is 0. The van der Waals surface area contributed by atoms with Crippen LogP contribution in [0.15, 0.2) is 36.5 Å². The van der Waals surface area contributed by atoms with E-state index in [1.807, 2.05) is 0 Å². The molecule has 22 heavy (non-hydrogen) atoms. The Morgan fingerprint density at radius 2 is 1.77 bits per heavy atom. The summed E-state index contributed by atoms with van der Waals surface area (Å²) in [5.41, 5.74) is 0.0666. The average Bonchev–Trinajstić information content (AvgIpc) is 2.53. The van der Waals surface area contributed by atoms with Gasteiger partial charge in [-0.3, -0.25) is 0 Å². The highest BCUT2D eigenvalue weighted by Crippen LogP contribution is 2.29. The largest absolute Gasteiger partial charge is 0.434 e. The van der Waals surface area contributed by atoms with Crippen LogP contribution in [0.5, 0.6) is 11.6 Å². The Morgan fingerprint density at radius 1 is 1.05 bits per heavy atom. The van der Waals surface area contributed by atoms with Crippen LogP contribution in [-0.4, -0.2) is 9.97 Å². The summed E-state index contributed by atoms with van der Waals surface area (Å²) in [5.74, 6) is -5.12. The van der Waals surface area contributed by atoms with Gasteiger partial charge in [-0.15, -0.1) is 0 Å². The summed E-state index contributed by atoms with van der Waals surface area (Å²) in [7, 11) is 0. The summed E-state index contributed by atoms with van der Waals surface area (Å²) in [4.78, 5) is 8.09. The molecule has 108 valence electrons. The van der Waals surface area contributed by atoms with Gasteiger partial charge in [-0.2, -0.15) is 9.65 Å². The van der Waals surface area contributed by atoms with Gasteiger partial charge in [0.05, 0.1) is 17.2 Å². The average molecular weight is 301 g/mol. The van der Waals surface area contributed by atoms with Crippen LogP contribution in [0.3, 0.4) is 0 Å². The number of halogens is 3. The second kappa shape index (κ2) is 5.33. The molecule has 4 nitrogen and oxygen atoms in total. The third-order valence-corrected chi connectivity index (χ3v) is 2.88. The van der Waals surface area contributed by atoms with E-state index in [4.69, 9.17) is 10.00 Å². The van der Waals surface area contributed by atoms with Crippen LogP contribution in [0.2, 0.25) is 0 Å². The standard InChI is InChI=1S/C15H6F3N3O/c16-9-5-12(15(18)14(17)8(9)6-19)22-13-7-20-10-3-1-2-4-11(10)21-13/h1-5,7H. The van der Waals surface area contributed by atoms with E-state index in [9.17, 15) is 13.2 Å². The zero-order valence-electron chi connectivity index (χ0n) is 10.8. The smallest absolute Gasteiger partial charge is 0.238 e.